The lowest BCUT2D eigenvalue weighted by Gasteiger charge is -2.08. The van der Waals surface area contributed by atoms with Crippen LogP contribution in [-0.2, 0) is 56.1 Å². The molecule has 117 heavy (non-hydrogen) atoms. The second kappa shape index (κ2) is 52.9. The topological polar surface area (TPSA) is 596 Å². The highest BCUT2D eigenvalue weighted by atomic mass is 32.1. The first kappa shape index (κ1) is 97.0. The SMILES string of the molecule is CCOC(=O)c1ccc(C#Cc2ccc3cc(C(=N)N)sc3c2)s1.COC(=O)c1cccc(COc2cccc3sc(C(=N)N)cc23)c1.COCC#Cc1cccc2sc(C(=N)N)cc12.N=C(N)c1cc2ccc(C#Cc3ccc(CN)s3)cc2s1.N=C(N)c1cc2ccc(N)cc2s1.O=CO.O=CO.O=CO.O=CO.O=CO.O=CO. The van der Waals surface area contributed by atoms with E-state index in [0.717, 1.165) is 118 Å². The second-order valence-electron chi connectivity index (χ2n) is 21.5. The maximum absolute atomic E-state index is 11.6. The molecule has 0 radical (unpaired) electrons. The molecule has 25 N–H and O–H groups in total. The summed E-state index contributed by atoms with van der Waals surface area (Å²) in [6.07, 6.45) is 0. The van der Waals surface area contributed by atoms with E-state index in [1.165, 1.54) is 75.1 Å². The van der Waals surface area contributed by atoms with E-state index in [1.54, 1.807) is 49.6 Å². The van der Waals surface area contributed by atoms with Crippen LogP contribution < -0.4 is 44.9 Å². The number of amidine groups is 5. The summed E-state index contributed by atoms with van der Waals surface area (Å²) in [6, 6.07) is 53.5. The van der Waals surface area contributed by atoms with Gasteiger partial charge in [-0.1, -0.05) is 78.0 Å². The van der Waals surface area contributed by atoms with Crippen molar-refractivity contribution in [3.05, 3.63) is 242 Å². The molecule has 0 amide bonds. The molecule has 0 spiro atoms. The number of hydrogen-bond acceptors (Lipinski definition) is 26. The molecule has 7 aromatic heterocycles. The highest BCUT2D eigenvalue weighted by Crippen LogP contribution is 2.34. The van der Waals surface area contributed by atoms with Gasteiger partial charge in [0, 0.05) is 75.2 Å². The number of nitrogens with one attached hydrogen (secondary N) is 5. The zero-order valence-corrected chi connectivity index (χ0v) is 67.7. The molecular weight excluding hydrogens is 1640 g/mol. The molecule has 0 unspecified atom stereocenters. The molecular formula is C80H76N12O18S7. The Bertz CT molecular complexity index is 5740. The molecule has 13 aromatic rings. The van der Waals surface area contributed by atoms with Crippen LogP contribution in [0.5, 0.6) is 5.75 Å². The number of benzene rings is 6. The molecule has 606 valence electrons. The van der Waals surface area contributed by atoms with Crippen LogP contribution in [0.4, 0.5) is 5.69 Å². The van der Waals surface area contributed by atoms with Crippen LogP contribution >= 0.6 is 79.4 Å². The van der Waals surface area contributed by atoms with Gasteiger partial charge in [0.25, 0.3) is 38.8 Å². The van der Waals surface area contributed by atoms with Crippen molar-refractivity contribution in [3.8, 4) is 41.3 Å². The Morgan fingerprint density at radius 3 is 1.32 bits per heavy atom. The predicted molar refractivity (Wildman–Crippen MR) is 466 cm³/mol. The number of rotatable bonds is 13. The third kappa shape index (κ3) is 32.8. The number of thiophene rings is 7. The highest BCUT2D eigenvalue weighted by molar-refractivity contribution is 7.22. The van der Waals surface area contributed by atoms with Gasteiger partial charge in [0.15, 0.2) is 0 Å². The molecule has 0 atom stereocenters. The average Bonchev–Trinajstić information content (AvgIpc) is 1.69. The number of methoxy groups -OCH3 is 2. The minimum absolute atomic E-state index is 0.0490. The fraction of sp³-hybridized carbons (Fsp3) is 0.0875. The van der Waals surface area contributed by atoms with E-state index in [1.807, 2.05) is 146 Å². The van der Waals surface area contributed by atoms with Crippen LogP contribution in [0.15, 0.2) is 170 Å². The Hall–Kier alpha value is -14.2. The maximum Gasteiger partial charge on any atom is 0.348 e. The van der Waals surface area contributed by atoms with Crippen molar-refractivity contribution in [1.82, 2.24) is 0 Å². The lowest BCUT2D eigenvalue weighted by molar-refractivity contribution is -0.123. The summed E-state index contributed by atoms with van der Waals surface area (Å²) in [5.41, 5.74) is 43.6. The molecule has 13 rings (SSSR count). The van der Waals surface area contributed by atoms with Gasteiger partial charge in [0.2, 0.25) is 0 Å². The molecule has 7 heterocycles. The molecule has 0 saturated heterocycles. The van der Waals surface area contributed by atoms with Crippen LogP contribution in [0.3, 0.4) is 0 Å². The summed E-state index contributed by atoms with van der Waals surface area (Å²) in [5, 5.41) is 83.8. The second-order valence-corrected chi connectivity index (χ2v) is 29.2. The Kier molecular flexibility index (Phi) is 43.9. The van der Waals surface area contributed by atoms with Crippen molar-refractivity contribution in [2.75, 3.05) is 33.2 Å². The summed E-state index contributed by atoms with van der Waals surface area (Å²) in [4.78, 5) is 80.8. The van der Waals surface area contributed by atoms with Crippen molar-refractivity contribution >= 4 is 215 Å². The molecule has 30 nitrogen and oxygen atoms in total. The van der Waals surface area contributed by atoms with E-state index in [0.29, 0.717) is 41.7 Å². The number of esters is 2. The van der Waals surface area contributed by atoms with Gasteiger partial charge in [-0.2, -0.15) is 0 Å². The van der Waals surface area contributed by atoms with Crippen LogP contribution in [0.1, 0.15) is 88.2 Å². The molecule has 6 aromatic carbocycles. The summed E-state index contributed by atoms with van der Waals surface area (Å²) in [6.45, 7) is 1.95. The quantitative estimate of drug-likeness (QED) is 0.0127. The third-order valence-electron chi connectivity index (χ3n) is 13.8. The number of carbonyl (C=O) groups excluding carboxylic acids is 2. The van der Waals surface area contributed by atoms with Crippen molar-refractivity contribution in [2.45, 2.75) is 20.1 Å². The van der Waals surface area contributed by atoms with Gasteiger partial charge in [-0.3, -0.25) is 55.8 Å². The number of nitrogen functional groups attached to an aromatic ring is 6. The Morgan fingerprint density at radius 1 is 0.436 bits per heavy atom. The van der Waals surface area contributed by atoms with E-state index in [9.17, 15) is 9.59 Å². The van der Waals surface area contributed by atoms with Gasteiger partial charge in [0.1, 0.15) is 53.0 Å². The van der Waals surface area contributed by atoms with Crippen LogP contribution in [-0.4, -0.2) is 138 Å². The summed E-state index contributed by atoms with van der Waals surface area (Å²) in [7, 11) is 2.98. The van der Waals surface area contributed by atoms with Gasteiger partial charge >= 0.3 is 11.9 Å². The lowest BCUT2D eigenvalue weighted by Crippen LogP contribution is -2.08. The predicted octanol–water partition coefficient (Wildman–Crippen LogP) is 12.6. The first-order valence-corrected chi connectivity index (χ1v) is 38.4. The van der Waals surface area contributed by atoms with Gasteiger partial charge in [-0.25, -0.2) is 9.59 Å². The van der Waals surface area contributed by atoms with Crippen LogP contribution in [0.25, 0.3) is 50.4 Å². The minimum Gasteiger partial charge on any atom is -0.488 e. The van der Waals surface area contributed by atoms with E-state index in [-0.39, 0.29) is 80.0 Å². The number of ether oxygens (including phenoxy) is 4. The van der Waals surface area contributed by atoms with Crippen molar-refractivity contribution < 1.29 is 87.9 Å². The molecule has 0 bridgehead atoms. The monoisotopic (exact) mass is 1720 g/mol. The van der Waals surface area contributed by atoms with Crippen LogP contribution in [0.2, 0.25) is 0 Å². The van der Waals surface area contributed by atoms with E-state index < -0.39 is 0 Å². The molecule has 0 aliphatic rings. The Morgan fingerprint density at radius 2 is 0.863 bits per heavy atom. The Labute approximate surface area is 696 Å². The van der Waals surface area contributed by atoms with E-state index >= 15 is 0 Å². The van der Waals surface area contributed by atoms with Gasteiger partial charge in [-0.05, 0) is 156 Å². The number of anilines is 1. The first-order valence-electron chi connectivity index (χ1n) is 32.7. The van der Waals surface area contributed by atoms with Crippen molar-refractivity contribution in [2.24, 2.45) is 34.4 Å². The summed E-state index contributed by atoms with van der Waals surface area (Å²) >= 11 is 10.4. The molecule has 0 fully saturated rings. The van der Waals surface area contributed by atoms with E-state index in [2.05, 4.69) is 35.5 Å². The lowest BCUT2D eigenvalue weighted by atomic mass is 10.1. The molecule has 0 aliphatic heterocycles. The number of hydrogen-bond donors (Lipinski definition) is 18. The minimum atomic E-state index is -0.372. The fourth-order valence-corrected chi connectivity index (χ4v) is 15.4. The molecule has 0 aliphatic carbocycles. The van der Waals surface area contributed by atoms with Crippen LogP contribution in [0, 0.1) is 62.6 Å². The summed E-state index contributed by atoms with van der Waals surface area (Å²) < 4.78 is 25.8. The van der Waals surface area contributed by atoms with Crippen molar-refractivity contribution in [1.29, 1.82) is 27.0 Å². The number of fused-ring (bicyclic) bond motifs is 5. The first-order chi connectivity index (χ1) is 56.2. The van der Waals surface area contributed by atoms with E-state index in [4.69, 9.17) is 146 Å². The maximum atomic E-state index is 11.6. The third-order valence-corrected chi connectivity index (χ3v) is 21.4. The number of carboxylic acid groups (broad SMARTS) is 6. The zero-order valence-electron chi connectivity index (χ0n) is 61.9. The number of carbonyl (C=O) groups is 8. The Balaban J connectivity index is 0.000000363. The van der Waals surface area contributed by atoms with Crippen molar-refractivity contribution in [3.63, 3.8) is 0 Å². The molecule has 0 saturated carbocycles. The van der Waals surface area contributed by atoms with Gasteiger partial charge < -0.3 is 89.7 Å². The van der Waals surface area contributed by atoms with Gasteiger partial charge in [0.05, 0.1) is 53.4 Å². The normalized spacial score (nSPS) is 9.33. The smallest absolute Gasteiger partial charge is 0.348 e. The summed E-state index contributed by atoms with van der Waals surface area (Å²) in [5.74, 6) is 19.0. The zero-order chi connectivity index (χ0) is 86.9. The number of nitrogens with two attached hydrogens (primary N) is 7. The fourth-order valence-electron chi connectivity index (χ4n) is 9.07. The van der Waals surface area contributed by atoms with Gasteiger partial charge in [-0.15, -0.1) is 79.4 Å². The standard InChI is InChI=1S/C18H16N2O3S.C18H14N2O2S2.C16H13N3S2.C13H12N2OS.C9H9N3S.6CH2O2/c1-22-18(21)12-5-2-4-11(8-12)10-23-14-6-3-7-15-13(14)9-16(24-15)17(19)20;1-2-22-18(21)14-8-7-13(23-14)6-4-11-3-5-12-10-16(17(19)20)24-15(12)9-11;17-9-13-6-5-12(20-13)4-2-10-1-3-11-8-15(16(18)19)21-14(11)7-10;1-16-7-3-5-9-4-2-6-11-10(9)8-12(17-11)13(14)15;10-6-2-1-5-3-8(9(11)12)13-7(5)4-6;6*2-1-3/h2-9H,10H2,1H3,(H3,19,20);3,5,7-10H,2H2,1H3,(H3,19,20);1,3,5-8H,9,17H2,(H3,18,19);2,4,6,8H,7H2,1H3,(H3,14,15);1-4H,10H2,(H3,11,12);6*1H,(H,2,3). The largest absolute Gasteiger partial charge is 0.488 e. The average molecular weight is 1720 g/mol. The molecule has 37 heteroatoms. The highest BCUT2D eigenvalue weighted by Gasteiger charge is 2.14.